The highest BCUT2D eigenvalue weighted by molar-refractivity contribution is 7.22. The van der Waals surface area contributed by atoms with Gasteiger partial charge < -0.3 is 10.1 Å². The molecule has 2 amide bonds. The van der Waals surface area contributed by atoms with Gasteiger partial charge in [-0.25, -0.2) is 14.2 Å². The number of carbonyl (C=O) groups is 2. The number of carbonyl (C=O) groups excluding carboxylic acids is 2. The first kappa shape index (κ1) is 16.6. The van der Waals surface area contributed by atoms with E-state index < -0.39 is 23.6 Å². The molecule has 2 heterocycles. The standard InChI is InChI=1S/C16H18FN3O3S/c1-16(2,3)23-15(22)20-8-7-10(20)13(21)19-14-18-12-9(17)5-4-6-11(12)24-14/h4-6,10H,7-8H2,1-3H3,(H,18,19,21)/t10-/m0/s1. The number of aromatic nitrogens is 1. The maximum absolute atomic E-state index is 13.7. The second-order valence-corrected chi connectivity index (χ2v) is 7.60. The molecule has 2 aromatic rings. The summed E-state index contributed by atoms with van der Waals surface area (Å²) < 4.78 is 19.6. The smallest absolute Gasteiger partial charge is 0.410 e. The number of likely N-dealkylation sites (tertiary alicyclic amines) is 1. The number of anilines is 1. The van der Waals surface area contributed by atoms with Crippen LogP contribution < -0.4 is 5.32 Å². The summed E-state index contributed by atoms with van der Waals surface area (Å²) in [6, 6.07) is 4.07. The molecule has 1 fully saturated rings. The van der Waals surface area contributed by atoms with Crippen molar-refractivity contribution in [1.29, 1.82) is 0 Å². The molecule has 0 bridgehead atoms. The number of hydrogen-bond donors (Lipinski definition) is 1. The molecule has 1 atom stereocenters. The minimum atomic E-state index is -0.613. The third-order valence-corrected chi connectivity index (χ3v) is 4.49. The Bertz CT molecular complexity index is 799. The highest BCUT2D eigenvalue weighted by Gasteiger charge is 2.40. The molecule has 6 nitrogen and oxygen atoms in total. The number of halogens is 1. The number of nitrogens with zero attached hydrogens (tertiary/aromatic N) is 2. The lowest BCUT2D eigenvalue weighted by Gasteiger charge is -2.39. The lowest BCUT2D eigenvalue weighted by atomic mass is 10.0. The molecule has 0 saturated carbocycles. The molecule has 1 aliphatic heterocycles. The maximum atomic E-state index is 13.7. The molecule has 1 aromatic carbocycles. The number of fused-ring (bicyclic) bond motifs is 1. The van der Waals surface area contributed by atoms with Gasteiger partial charge in [0.15, 0.2) is 5.13 Å². The quantitative estimate of drug-likeness (QED) is 0.900. The molecule has 24 heavy (non-hydrogen) atoms. The molecule has 1 aromatic heterocycles. The third-order valence-electron chi connectivity index (χ3n) is 3.55. The monoisotopic (exact) mass is 351 g/mol. The molecule has 0 spiro atoms. The fourth-order valence-corrected chi connectivity index (χ4v) is 3.24. The molecule has 1 N–H and O–H groups in total. The van der Waals surface area contributed by atoms with Crippen LogP contribution in [0.3, 0.4) is 0 Å². The van der Waals surface area contributed by atoms with E-state index in [0.29, 0.717) is 22.8 Å². The van der Waals surface area contributed by atoms with Gasteiger partial charge >= 0.3 is 6.09 Å². The van der Waals surface area contributed by atoms with E-state index >= 15 is 0 Å². The third kappa shape index (κ3) is 3.33. The van der Waals surface area contributed by atoms with E-state index in [2.05, 4.69) is 10.3 Å². The van der Waals surface area contributed by atoms with Gasteiger partial charge in [-0.3, -0.25) is 9.69 Å². The number of benzene rings is 1. The Labute approximate surface area is 142 Å². The first-order valence-electron chi connectivity index (χ1n) is 7.60. The van der Waals surface area contributed by atoms with E-state index in [1.165, 1.54) is 22.3 Å². The van der Waals surface area contributed by atoms with E-state index in [1.807, 2.05) is 0 Å². The van der Waals surface area contributed by atoms with Crippen molar-refractivity contribution in [2.24, 2.45) is 0 Å². The Hall–Kier alpha value is -2.22. The zero-order valence-electron chi connectivity index (χ0n) is 13.6. The van der Waals surface area contributed by atoms with Crippen molar-refractivity contribution >= 4 is 38.7 Å². The van der Waals surface area contributed by atoms with Crippen molar-refractivity contribution in [3.8, 4) is 0 Å². The highest BCUT2D eigenvalue weighted by Crippen LogP contribution is 2.29. The minimum absolute atomic E-state index is 0.232. The van der Waals surface area contributed by atoms with E-state index in [1.54, 1.807) is 32.9 Å². The first-order chi connectivity index (χ1) is 11.2. The largest absolute Gasteiger partial charge is 0.444 e. The summed E-state index contributed by atoms with van der Waals surface area (Å²) in [6.45, 7) is 5.79. The summed E-state index contributed by atoms with van der Waals surface area (Å²) in [5.41, 5.74) is -0.381. The van der Waals surface area contributed by atoms with Gasteiger partial charge in [0.25, 0.3) is 0 Å². The van der Waals surface area contributed by atoms with Crippen LogP contribution in [0.5, 0.6) is 0 Å². The summed E-state index contributed by atoms with van der Waals surface area (Å²) in [5.74, 6) is -0.769. The maximum Gasteiger partial charge on any atom is 0.410 e. The van der Waals surface area contributed by atoms with Gasteiger partial charge in [0.05, 0.1) is 4.70 Å². The summed E-state index contributed by atoms with van der Waals surface area (Å²) >= 11 is 1.19. The number of rotatable bonds is 2. The van der Waals surface area contributed by atoms with Crippen molar-refractivity contribution < 1.29 is 18.7 Å². The lowest BCUT2D eigenvalue weighted by Crippen LogP contribution is -2.57. The van der Waals surface area contributed by atoms with Gasteiger partial charge in [-0.2, -0.15) is 0 Å². The molecule has 0 aliphatic carbocycles. The van der Waals surface area contributed by atoms with Crippen LogP contribution in [0.4, 0.5) is 14.3 Å². The van der Waals surface area contributed by atoms with Gasteiger partial charge in [0.2, 0.25) is 5.91 Å². The Kier molecular flexibility index (Phi) is 4.16. The van der Waals surface area contributed by atoms with Gasteiger partial charge in [0.1, 0.15) is 23.0 Å². The Balaban J connectivity index is 1.68. The summed E-state index contributed by atoms with van der Waals surface area (Å²) in [6.07, 6.45) is 0.0499. The Morgan fingerprint density at radius 2 is 2.17 bits per heavy atom. The number of thiazole rings is 1. The van der Waals surface area contributed by atoms with E-state index in [-0.39, 0.29) is 11.4 Å². The van der Waals surface area contributed by atoms with Gasteiger partial charge in [0, 0.05) is 6.54 Å². The highest BCUT2D eigenvalue weighted by atomic mass is 32.1. The van der Waals surface area contributed by atoms with Crippen molar-refractivity contribution in [2.75, 3.05) is 11.9 Å². The molecule has 8 heteroatoms. The molecule has 1 saturated heterocycles. The van der Waals surface area contributed by atoms with Gasteiger partial charge in [-0.1, -0.05) is 17.4 Å². The van der Waals surface area contributed by atoms with Crippen LogP contribution in [0.1, 0.15) is 27.2 Å². The molecule has 0 unspecified atom stereocenters. The summed E-state index contributed by atoms with van der Waals surface area (Å²) in [7, 11) is 0. The summed E-state index contributed by atoms with van der Waals surface area (Å²) in [4.78, 5) is 29.9. The van der Waals surface area contributed by atoms with Crippen LogP contribution in [0.25, 0.3) is 10.2 Å². The van der Waals surface area contributed by atoms with Crippen LogP contribution in [0.2, 0.25) is 0 Å². The van der Waals surface area contributed by atoms with Gasteiger partial charge in [-0.05, 0) is 39.3 Å². The van der Waals surface area contributed by atoms with Crippen LogP contribution in [-0.2, 0) is 9.53 Å². The Morgan fingerprint density at radius 1 is 1.42 bits per heavy atom. The van der Waals surface area contributed by atoms with E-state index in [4.69, 9.17) is 4.74 Å². The van der Waals surface area contributed by atoms with Crippen molar-refractivity contribution in [1.82, 2.24) is 9.88 Å². The van der Waals surface area contributed by atoms with Crippen LogP contribution in [-0.4, -0.2) is 40.1 Å². The second-order valence-electron chi connectivity index (χ2n) is 6.57. The van der Waals surface area contributed by atoms with E-state index in [0.717, 1.165) is 0 Å². The van der Waals surface area contributed by atoms with Crippen molar-refractivity contribution in [3.63, 3.8) is 0 Å². The molecule has 3 rings (SSSR count). The number of hydrogen-bond acceptors (Lipinski definition) is 5. The van der Waals surface area contributed by atoms with Gasteiger partial charge in [-0.15, -0.1) is 0 Å². The summed E-state index contributed by atoms with van der Waals surface area (Å²) in [5, 5.41) is 2.98. The number of ether oxygens (including phenoxy) is 1. The average Bonchev–Trinajstić information content (AvgIpc) is 2.78. The average molecular weight is 351 g/mol. The van der Waals surface area contributed by atoms with Crippen LogP contribution in [0.15, 0.2) is 18.2 Å². The molecular weight excluding hydrogens is 333 g/mol. The fraction of sp³-hybridized carbons (Fsp3) is 0.438. The molecular formula is C16H18FN3O3S. The minimum Gasteiger partial charge on any atom is -0.444 e. The normalized spacial score (nSPS) is 17.5. The zero-order valence-corrected chi connectivity index (χ0v) is 14.4. The van der Waals surface area contributed by atoms with Crippen LogP contribution >= 0.6 is 11.3 Å². The molecule has 0 radical (unpaired) electrons. The second kappa shape index (κ2) is 6.01. The zero-order chi connectivity index (χ0) is 17.5. The predicted molar refractivity (Wildman–Crippen MR) is 89.6 cm³/mol. The molecule has 1 aliphatic rings. The number of amides is 2. The first-order valence-corrected chi connectivity index (χ1v) is 8.42. The SMILES string of the molecule is CC(C)(C)OC(=O)N1CC[C@H]1C(=O)Nc1nc2c(F)cccc2s1. The number of para-hydroxylation sites is 1. The van der Waals surface area contributed by atoms with Crippen molar-refractivity contribution in [3.05, 3.63) is 24.0 Å². The Morgan fingerprint density at radius 3 is 2.75 bits per heavy atom. The van der Waals surface area contributed by atoms with Crippen molar-refractivity contribution in [2.45, 2.75) is 38.8 Å². The number of nitrogens with one attached hydrogen (secondary N) is 1. The predicted octanol–water partition coefficient (Wildman–Crippen LogP) is 3.38. The fourth-order valence-electron chi connectivity index (χ4n) is 2.36. The van der Waals surface area contributed by atoms with Crippen LogP contribution in [0, 0.1) is 5.82 Å². The molecule has 128 valence electrons. The lowest BCUT2D eigenvalue weighted by molar-refractivity contribution is -0.125. The topological polar surface area (TPSA) is 71.5 Å². The van der Waals surface area contributed by atoms with E-state index in [9.17, 15) is 14.0 Å².